The highest BCUT2D eigenvalue weighted by Gasteiger charge is 2.35. The van der Waals surface area contributed by atoms with E-state index in [1.54, 1.807) is 24.3 Å². The fraction of sp³-hybridized carbons (Fsp3) is 0.267. The Balaban J connectivity index is 2.20. The average molecular weight is 338 g/mol. The molecule has 1 aromatic carbocycles. The minimum absolute atomic E-state index is 0.156. The maximum Gasteiger partial charge on any atom is 0.331 e. The molecule has 2 rings (SSSR count). The molecule has 0 fully saturated rings. The Morgan fingerprint density at radius 1 is 1.48 bits per heavy atom. The van der Waals surface area contributed by atoms with Crippen LogP contribution < -0.4 is 5.32 Å². The molecule has 2 aromatic rings. The van der Waals surface area contributed by atoms with E-state index in [2.05, 4.69) is 10.4 Å². The summed E-state index contributed by atoms with van der Waals surface area (Å²) in [5.41, 5.74) is -0.604. The van der Waals surface area contributed by atoms with Gasteiger partial charge in [-0.3, -0.25) is 4.79 Å². The number of carbonyl (C=O) groups is 2. The maximum atomic E-state index is 12.2. The van der Waals surface area contributed by atoms with Crippen LogP contribution in [0.15, 0.2) is 36.7 Å². The van der Waals surface area contributed by atoms with Crippen molar-refractivity contribution in [3.8, 4) is 5.69 Å². The topological polar surface area (TPSA) is 93.5 Å². The summed E-state index contributed by atoms with van der Waals surface area (Å²) in [6.07, 6.45) is 2.85. The number of benzene rings is 1. The second kappa shape index (κ2) is 6.80. The molecular formula is C15H16ClN3O4. The van der Waals surface area contributed by atoms with E-state index in [0.717, 1.165) is 0 Å². The number of carboxylic acid groups (broad SMARTS) is 1. The Morgan fingerprint density at radius 3 is 2.83 bits per heavy atom. The molecule has 0 spiro atoms. The van der Waals surface area contributed by atoms with E-state index < -0.39 is 17.4 Å². The van der Waals surface area contributed by atoms with Crippen LogP contribution in [0, 0.1) is 0 Å². The number of aliphatic carboxylic acids is 1. The number of methoxy groups -OCH3 is 1. The summed E-state index contributed by atoms with van der Waals surface area (Å²) in [7, 11) is 1.37. The standard InChI is InChI=1S/C15H16ClN3O4/c1-15(9-23-2,14(21)22)18-13(20)10-7-17-19(8-10)12-5-3-4-11(16)6-12/h3-8H,9H2,1-2H3,(H,18,20)(H,21,22). The van der Waals surface area contributed by atoms with Gasteiger partial charge in [0.05, 0.1) is 24.1 Å². The van der Waals surface area contributed by atoms with Crippen LogP contribution in [0.25, 0.3) is 5.69 Å². The van der Waals surface area contributed by atoms with E-state index >= 15 is 0 Å². The minimum atomic E-state index is -1.52. The van der Waals surface area contributed by atoms with Gasteiger partial charge in [0.25, 0.3) is 5.91 Å². The second-order valence-electron chi connectivity index (χ2n) is 5.18. The van der Waals surface area contributed by atoms with Gasteiger partial charge < -0.3 is 15.2 Å². The molecular weight excluding hydrogens is 322 g/mol. The molecule has 0 aliphatic rings. The summed E-state index contributed by atoms with van der Waals surface area (Å²) in [5, 5.41) is 16.3. The van der Waals surface area contributed by atoms with Crippen LogP contribution in [-0.2, 0) is 9.53 Å². The van der Waals surface area contributed by atoms with Gasteiger partial charge in [0.1, 0.15) is 0 Å². The highest BCUT2D eigenvalue weighted by atomic mass is 35.5. The van der Waals surface area contributed by atoms with Gasteiger partial charge in [-0.1, -0.05) is 17.7 Å². The molecule has 0 bridgehead atoms. The van der Waals surface area contributed by atoms with Crippen molar-refractivity contribution in [2.24, 2.45) is 0 Å². The van der Waals surface area contributed by atoms with Crippen molar-refractivity contribution >= 4 is 23.5 Å². The number of rotatable bonds is 6. The molecule has 1 unspecified atom stereocenters. The van der Waals surface area contributed by atoms with Gasteiger partial charge in [-0.25, -0.2) is 9.48 Å². The Hall–Kier alpha value is -2.38. The van der Waals surface area contributed by atoms with E-state index in [1.165, 1.54) is 31.1 Å². The summed E-state index contributed by atoms with van der Waals surface area (Å²) in [6.45, 7) is 1.22. The van der Waals surface area contributed by atoms with Crippen molar-refractivity contribution in [3.63, 3.8) is 0 Å². The zero-order valence-electron chi connectivity index (χ0n) is 12.6. The number of nitrogens with zero attached hydrogens (tertiary/aromatic N) is 2. The van der Waals surface area contributed by atoms with Gasteiger partial charge in [0.15, 0.2) is 5.54 Å². The van der Waals surface area contributed by atoms with Crippen LogP contribution in [0.2, 0.25) is 5.02 Å². The third kappa shape index (κ3) is 3.88. The lowest BCUT2D eigenvalue weighted by molar-refractivity contribution is -0.145. The van der Waals surface area contributed by atoms with Gasteiger partial charge >= 0.3 is 5.97 Å². The number of hydrogen-bond donors (Lipinski definition) is 2. The SMILES string of the molecule is COCC(C)(NC(=O)c1cnn(-c2cccc(Cl)c2)c1)C(=O)O. The fourth-order valence-electron chi connectivity index (χ4n) is 1.96. The molecule has 0 aliphatic carbocycles. The third-order valence-corrected chi connectivity index (χ3v) is 3.45. The number of amides is 1. The van der Waals surface area contributed by atoms with Crippen molar-refractivity contribution in [2.75, 3.05) is 13.7 Å². The monoisotopic (exact) mass is 337 g/mol. The van der Waals surface area contributed by atoms with Gasteiger partial charge in [-0.05, 0) is 25.1 Å². The van der Waals surface area contributed by atoms with Crippen LogP contribution in [0.4, 0.5) is 0 Å². The summed E-state index contributed by atoms with van der Waals surface area (Å²) in [6, 6.07) is 6.97. The van der Waals surface area contributed by atoms with Crippen molar-refractivity contribution in [3.05, 3.63) is 47.2 Å². The zero-order chi connectivity index (χ0) is 17.0. The smallest absolute Gasteiger partial charge is 0.331 e. The molecule has 0 saturated heterocycles. The maximum absolute atomic E-state index is 12.2. The summed E-state index contributed by atoms with van der Waals surface area (Å²) in [4.78, 5) is 23.6. The number of ether oxygens (including phenoxy) is 1. The lowest BCUT2D eigenvalue weighted by atomic mass is 10.0. The number of halogens is 1. The summed E-state index contributed by atoms with van der Waals surface area (Å²) < 4.78 is 6.34. The first-order valence-electron chi connectivity index (χ1n) is 6.71. The minimum Gasteiger partial charge on any atom is -0.479 e. The average Bonchev–Trinajstić information content (AvgIpc) is 2.97. The first-order valence-corrected chi connectivity index (χ1v) is 7.09. The van der Waals surface area contributed by atoms with Gasteiger partial charge in [-0.15, -0.1) is 0 Å². The van der Waals surface area contributed by atoms with Crippen LogP contribution in [0.5, 0.6) is 0 Å². The number of nitrogens with one attached hydrogen (secondary N) is 1. The highest BCUT2D eigenvalue weighted by molar-refractivity contribution is 6.30. The lowest BCUT2D eigenvalue weighted by Crippen LogP contribution is -2.55. The van der Waals surface area contributed by atoms with Crippen molar-refractivity contribution in [1.82, 2.24) is 15.1 Å². The predicted octanol–water partition coefficient (Wildman–Crippen LogP) is 1.75. The molecule has 0 aliphatic heterocycles. The van der Waals surface area contributed by atoms with Gasteiger partial charge in [0, 0.05) is 18.3 Å². The van der Waals surface area contributed by atoms with Crippen LogP contribution in [0.3, 0.4) is 0 Å². The Bertz CT molecular complexity index is 731. The van der Waals surface area contributed by atoms with Crippen molar-refractivity contribution < 1.29 is 19.4 Å². The molecule has 0 saturated carbocycles. The fourth-order valence-corrected chi connectivity index (χ4v) is 2.15. The first-order chi connectivity index (χ1) is 10.9. The molecule has 1 amide bonds. The summed E-state index contributed by atoms with van der Waals surface area (Å²) >= 11 is 5.92. The second-order valence-corrected chi connectivity index (χ2v) is 5.61. The normalized spacial score (nSPS) is 13.3. The summed E-state index contributed by atoms with van der Waals surface area (Å²) in [5.74, 6) is -1.74. The molecule has 8 heteroatoms. The van der Waals surface area contributed by atoms with Gasteiger partial charge in [-0.2, -0.15) is 5.10 Å². The lowest BCUT2D eigenvalue weighted by Gasteiger charge is -2.24. The highest BCUT2D eigenvalue weighted by Crippen LogP contribution is 2.15. The van der Waals surface area contributed by atoms with E-state index in [4.69, 9.17) is 16.3 Å². The molecule has 23 heavy (non-hydrogen) atoms. The van der Waals surface area contributed by atoms with E-state index in [9.17, 15) is 14.7 Å². The zero-order valence-corrected chi connectivity index (χ0v) is 13.4. The number of carboxylic acids is 1. The third-order valence-electron chi connectivity index (χ3n) is 3.21. The largest absolute Gasteiger partial charge is 0.479 e. The molecule has 0 radical (unpaired) electrons. The van der Waals surface area contributed by atoms with Crippen LogP contribution in [-0.4, -0.2) is 46.0 Å². The number of aromatic nitrogens is 2. The van der Waals surface area contributed by atoms with Gasteiger partial charge in [0.2, 0.25) is 0 Å². The predicted molar refractivity (Wildman–Crippen MR) is 84.0 cm³/mol. The van der Waals surface area contributed by atoms with E-state index in [0.29, 0.717) is 10.7 Å². The van der Waals surface area contributed by atoms with Crippen LogP contribution in [0.1, 0.15) is 17.3 Å². The molecule has 1 heterocycles. The number of carbonyl (C=O) groups excluding carboxylic acids is 1. The Kier molecular flexibility index (Phi) is 5.02. The Labute approximate surface area is 137 Å². The van der Waals surface area contributed by atoms with E-state index in [1.807, 2.05) is 0 Å². The molecule has 7 nitrogen and oxygen atoms in total. The molecule has 1 aromatic heterocycles. The van der Waals surface area contributed by atoms with Crippen LogP contribution >= 0.6 is 11.6 Å². The molecule has 1 atom stereocenters. The molecule has 2 N–H and O–H groups in total. The quantitative estimate of drug-likeness (QED) is 0.837. The van der Waals surface area contributed by atoms with Crippen molar-refractivity contribution in [1.29, 1.82) is 0 Å². The molecule has 122 valence electrons. The Morgan fingerprint density at radius 2 is 2.22 bits per heavy atom. The van der Waals surface area contributed by atoms with Crippen molar-refractivity contribution in [2.45, 2.75) is 12.5 Å². The number of hydrogen-bond acceptors (Lipinski definition) is 4. The first kappa shape index (κ1) is 17.0. The van der Waals surface area contributed by atoms with E-state index in [-0.39, 0.29) is 12.2 Å².